The number of carbonyl (C=O) groups is 1. The molecule has 160 valence electrons. The van der Waals surface area contributed by atoms with Crippen LogP contribution < -0.4 is 10.0 Å². The van der Waals surface area contributed by atoms with E-state index in [-0.39, 0.29) is 17.3 Å². The van der Waals surface area contributed by atoms with Crippen LogP contribution >= 0.6 is 0 Å². The second-order valence-electron chi connectivity index (χ2n) is 7.06. The monoisotopic (exact) mass is 429 g/mol. The molecule has 2 aromatic rings. The zero-order chi connectivity index (χ0) is 21.4. The molecule has 1 saturated heterocycles. The molecule has 3 rings (SSSR count). The van der Waals surface area contributed by atoms with Crippen molar-refractivity contribution in [3.05, 3.63) is 77.9 Å². The van der Waals surface area contributed by atoms with E-state index in [1.165, 1.54) is 23.8 Å². The first-order chi connectivity index (χ1) is 14.5. The molecule has 1 amide bonds. The summed E-state index contributed by atoms with van der Waals surface area (Å²) < 4.78 is 32.2. The number of benzene rings is 2. The summed E-state index contributed by atoms with van der Waals surface area (Å²) in [6, 6.07) is 14.1. The molecule has 0 unspecified atom stereocenters. The number of hydrogen-bond acceptors (Lipinski definition) is 5. The molecular formula is C22H27N3O4S. The zero-order valence-corrected chi connectivity index (χ0v) is 17.7. The molecule has 0 radical (unpaired) electrons. The molecule has 2 aromatic carbocycles. The molecule has 0 aromatic heterocycles. The van der Waals surface area contributed by atoms with E-state index < -0.39 is 10.0 Å². The average Bonchev–Trinajstić information content (AvgIpc) is 2.78. The number of rotatable bonds is 9. The smallest absolute Gasteiger partial charge is 0.251 e. The van der Waals surface area contributed by atoms with Gasteiger partial charge in [-0.25, -0.2) is 13.1 Å². The van der Waals surface area contributed by atoms with Gasteiger partial charge in [0.2, 0.25) is 10.0 Å². The van der Waals surface area contributed by atoms with Crippen LogP contribution in [-0.4, -0.2) is 52.1 Å². The van der Waals surface area contributed by atoms with Crippen LogP contribution in [0.5, 0.6) is 0 Å². The minimum atomic E-state index is -3.68. The summed E-state index contributed by atoms with van der Waals surface area (Å²) in [7, 11) is -3.68. The molecule has 0 atom stereocenters. The Morgan fingerprint density at radius 2 is 1.80 bits per heavy atom. The highest BCUT2D eigenvalue weighted by Crippen LogP contribution is 2.13. The molecule has 0 spiro atoms. The summed E-state index contributed by atoms with van der Waals surface area (Å²) in [5.41, 5.74) is 2.49. The predicted molar refractivity (Wildman–Crippen MR) is 116 cm³/mol. The fraction of sp³-hybridized carbons (Fsp3) is 0.318. The lowest BCUT2D eigenvalue weighted by Gasteiger charge is -2.26. The maximum absolute atomic E-state index is 12.5. The summed E-state index contributed by atoms with van der Waals surface area (Å²) in [5, 5.41) is 2.84. The van der Waals surface area contributed by atoms with Crippen molar-refractivity contribution in [1.82, 2.24) is 14.9 Å². The molecule has 0 bridgehead atoms. The van der Waals surface area contributed by atoms with E-state index in [1.54, 1.807) is 12.1 Å². The van der Waals surface area contributed by atoms with Gasteiger partial charge in [-0.15, -0.1) is 6.58 Å². The number of morpholine rings is 1. The number of nitrogens with zero attached hydrogens (tertiary/aromatic N) is 1. The zero-order valence-electron chi connectivity index (χ0n) is 16.8. The highest BCUT2D eigenvalue weighted by molar-refractivity contribution is 7.89. The van der Waals surface area contributed by atoms with Crippen molar-refractivity contribution < 1.29 is 17.9 Å². The van der Waals surface area contributed by atoms with Crippen LogP contribution in [0.25, 0.3) is 0 Å². The molecular weight excluding hydrogens is 402 g/mol. The number of hydrogen-bond donors (Lipinski definition) is 2. The first-order valence-corrected chi connectivity index (χ1v) is 11.3. The van der Waals surface area contributed by atoms with Crippen LogP contribution in [0.1, 0.15) is 21.5 Å². The summed E-state index contributed by atoms with van der Waals surface area (Å²) in [4.78, 5) is 14.9. The van der Waals surface area contributed by atoms with Gasteiger partial charge in [0.15, 0.2) is 0 Å². The first-order valence-electron chi connectivity index (χ1n) is 9.85. The van der Waals surface area contributed by atoms with E-state index in [2.05, 4.69) is 33.7 Å². The molecule has 30 heavy (non-hydrogen) atoms. The summed E-state index contributed by atoms with van der Waals surface area (Å²) in [6.07, 6.45) is 1.46. The van der Waals surface area contributed by atoms with Gasteiger partial charge in [0.05, 0.1) is 18.1 Å². The maximum atomic E-state index is 12.5. The van der Waals surface area contributed by atoms with Crippen LogP contribution in [0.15, 0.2) is 66.1 Å². The Hall–Kier alpha value is -2.52. The Morgan fingerprint density at radius 1 is 1.10 bits per heavy atom. The van der Waals surface area contributed by atoms with Gasteiger partial charge in [0.25, 0.3) is 5.91 Å². The number of nitrogens with one attached hydrogen (secondary N) is 2. The Balaban J connectivity index is 1.56. The van der Waals surface area contributed by atoms with Gasteiger partial charge in [-0.05, 0) is 29.3 Å². The second kappa shape index (κ2) is 10.5. The molecule has 8 heteroatoms. The van der Waals surface area contributed by atoms with Crippen LogP contribution in [0.4, 0.5) is 0 Å². The van der Waals surface area contributed by atoms with Crippen molar-refractivity contribution in [2.45, 2.75) is 18.0 Å². The summed E-state index contributed by atoms with van der Waals surface area (Å²) in [6.45, 7) is 8.30. The SMILES string of the molecule is C=CCNS(=O)(=O)c1cccc(C(=O)NCc2ccc(CN3CCOCC3)cc2)c1. The van der Waals surface area contributed by atoms with E-state index in [0.29, 0.717) is 12.1 Å². The molecule has 0 saturated carbocycles. The third-order valence-electron chi connectivity index (χ3n) is 4.81. The normalized spacial score (nSPS) is 14.9. The lowest BCUT2D eigenvalue weighted by atomic mass is 10.1. The van der Waals surface area contributed by atoms with Crippen LogP contribution in [0.3, 0.4) is 0 Å². The number of ether oxygens (including phenoxy) is 1. The number of sulfonamides is 1. The largest absolute Gasteiger partial charge is 0.379 e. The summed E-state index contributed by atoms with van der Waals surface area (Å²) in [5.74, 6) is -0.326. The van der Waals surface area contributed by atoms with Crippen molar-refractivity contribution >= 4 is 15.9 Å². The average molecular weight is 430 g/mol. The van der Waals surface area contributed by atoms with Gasteiger partial charge < -0.3 is 10.1 Å². The molecule has 0 aliphatic carbocycles. The Labute approximate surface area is 177 Å². The molecule has 1 fully saturated rings. The van der Waals surface area contributed by atoms with Gasteiger partial charge in [-0.2, -0.15) is 0 Å². The maximum Gasteiger partial charge on any atom is 0.251 e. The highest BCUT2D eigenvalue weighted by atomic mass is 32.2. The lowest BCUT2D eigenvalue weighted by Crippen LogP contribution is -2.35. The van der Waals surface area contributed by atoms with E-state index in [1.807, 2.05) is 12.1 Å². The van der Waals surface area contributed by atoms with Crippen LogP contribution in [0.2, 0.25) is 0 Å². The molecule has 1 heterocycles. The molecule has 7 nitrogen and oxygen atoms in total. The Morgan fingerprint density at radius 3 is 2.50 bits per heavy atom. The first kappa shape index (κ1) is 22.2. The molecule has 1 aliphatic rings. The van der Waals surface area contributed by atoms with Crippen LogP contribution in [0, 0.1) is 0 Å². The van der Waals surface area contributed by atoms with Crippen molar-refractivity contribution in [3.63, 3.8) is 0 Å². The fourth-order valence-corrected chi connectivity index (χ4v) is 4.16. The van der Waals surface area contributed by atoms with Gasteiger partial charge in [0.1, 0.15) is 0 Å². The minimum absolute atomic E-state index is 0.0458. The van der Waals surface area contributed by atoms with Gasteiger partial charge >= 0.3 is 0 Å². The Bertz CT molecular complexity index is 968. The predicted octanol–water partition coefficient (Wildman–Crippen LogP) is 1.91. The van der Waals surface area contributed by atoms with E-state index in [0.717, 1.165) is 38.4 Å². The van der Waals surface area contributed by atoms with Crippen molar-refractivity contribution in [2.75, 3.05) is 32.8 Å². The Kier molecular flexibility index (Phi) is 7.75. The highest BCUT2D eigenvalue weighted by Gasteiger charge is 2.15. The van der Waals surface area contributed by atoms with Gasteiger partial charge in [-0.3, -0.25) is 9.69 Å². The third-order valence-corrected chi connectivity index (χ3v) is 6.23. The summed E-state index contributed by atoms with van der Waals surface area (Å²) >= 11 is 0. The number of amides is 1. The topological polar surface area (TPSA) is 87.7 Å². The van der Waals surface area contributed by atoms with Crippen LogP contribution in [-0.2, 0) is 27.8 Å². The standard InChI is InChI=1S/C22H27N3O4S/c1-2-10-24-30(27,28)21-5-3-4-20(15-21)22(26)23-16-18-6-8-19(9-7-18)17-25-11-13-29-14-12-25/h2-9,15,24H,1,10-14,16-17H2,(H,23,26). The third kappa shape index (κ3) is 6.24. The quantitative estimate of drug-likeness (QED) is 0.595. The minimum Gasteiger partial charge on any atom is -0.379 e. The second-order valence-corrected chi connectivity index (χ2v) is 8.82. The molecule has 2 N–H and O–H groups in total. The van der Waals surface area contributed by atoms with Gasteiger partial charge in [0, 0.05) is 38.3 Å². The van der Waals surface area contributed by atoms with Crippen molar-refractivity contribution in [2.24, 2.45) is 0 Å². The van der Waals surface area contributed by atoms with Gasteiger partial charge in [-0.1, -0.05) is 36.4 Å². The van der Waals surface area contributed by atoms with Crippen molar-refractivity contribution in [3.8, 4) is 0 Å². The van der Waals surface area contributed by atoms with E-state index >= 15 is 0 Å². The van der Waals surface area contributed by atoms with E-state index in [9.17, 15) is 13.2 Å². The fourth-order valence-electron chi connectivity index (χ4n) is 3.12. The number of carbonyl (C=O) groups excluding carboxylic acids is 1. The van der Waals surface area contributed by atoms with E-state index in [4.69, 9.17) is 4.74 Å². The van der Waals surface area contributed by atoms with Crippen molar-refractivity contribution in [1.29, 1.82) is 0 Å². The molecule has 1 aliphatic heterocycles. The lowest BCUT2D eigenvalue weighted by molar-refractivity contribution is 0.0342.